The Morgan fingerprint density at radius 1 is 1.30 bits per heavy atom. The predicted molar refractivity (Wildman–Crippen MR) is 85.0 cm³/mol. The van der Waals surface area contributed by atoms with Gasteiger partial charge in [-0.25, -0.2) is 0 Å². The van der Waals surface area contributed by atoms with Gasteiger partial charge in [0.05, 0.1) is 0 Å². The number of hydrogen-bond acceptors (Lipinski definition) is 3. The third-order valence-electron chi connectivity index (χ3n) is 2.97. The van der Waals surface area contributed by atoms with Gasteiger partial charge in [-0.1, -0.05) is 22.9 Å². The number of ether oxygens (including phenoxy) is 1. The fraction of sp³-hybridized carbons (Fsp3) is 0.533. The summed E-state index contributed by atoms with van der Waals surface area (Å²) >= 11 is 3.47. The highest BCUT2D eigenvalue weighted by Gasteiger charge is 2.18. The van der Waals surface area contributed by atoms with E-state index in [1.807, 2.05) is 25.1 Å². The summed E-state index contributed by atoms with van der Waals surface area (Å²) in [6.07, 6.45) is -0.510. The third-order valence-corrected chi connectivity index (χ3v) is 3.47. The zero-order valence-electron chi connectivity index (χ0n) is 12.5. The number of benzene rings is 1. The van der Waals surface area contributed by atoms with Crippen LogP contribution in [-0.2, 0) is 4.79 Å². The van der Waals surface area contributed by atoms with Crippen LogP contribution in [0.4, 0.5) is 0 Å². The predicted octanol–water partition coefficient (Wildman–Crippen LogP) is 3.02. The van der Waals surface area contributed by atoms with Gasteiger partial charge in [-0.05, 0) is 45.5 Å². The summed E-state index contributed by atoms with van der Waals surface area (Å²) in [4.78, 5) is 11.8. The van der Waals surface area contributed by atoms with Gasteiger partial charge in [0, 0.05) is 22.6 Å². The summed E-state index contributed by atoms with van der Waals surface area (Å²) in [5.41, 5.74) is 1.04. The van der Waals surface area contributed by atoms with Crippen LogP contribution in [0.15, 0.2) is 22.7 Å². The van der Waals surface area contributed by atoms with Crippen molar-refractivity contribution in [2.75, 3.05) is 13.1 Å². The fourth-order valence-electron chi connectivity index (χ4n) is 1.94. The van der Waals surface area contributed by atoms with Crippen LogP contribution in [0.2, 0.25) is 0 Å². The maximum atomic E-state index is 11.8. The maximum absolute atomic E-state index is 11.8. The molecule has 0 aliphatic heterocycles. The van der Waals surface area contributed by atoms with Gasteiger partial charge in [-0.2, -0.15) is 0 Å². The van der Waals surface area contributed by atoms with Crippen LogP contribution in [0.25, 0.3) is 0 Å². The summed E-state index contributed by atoms with van der Waals surface area (Å²) < 4.78 is 6.81. The number of hydrogen-bond donors (Lipinski definition) is 2. The van der Waals surface area contributed by atoms with Crippen molar-refractivity contribution in [1.29, 1.82) is 0 Å². The number of amides is 1. The second-order valence-corrected chi connectivity index (χ2v) is 5.53. The van der Waals surface area contributed by atoms with Crippen molar-refractivity contribution in [3.05, 3.63) is 28.2 Å². The van der Waals surface area contributed by atoms with E-state index in [0.29, 0.717) is 6.54 Å². The Morgan fingerprint density at radius 2 is 2.00 bits per heavy atom. The topological polar surface area (TPSA) is 50.4 Å². The number of rotatable bonds is 7. The van der Waals surface area contributed by atoms with Gasteiger partial charge in [0.2, 0.25) is 0 Å². The number of carbonyl (C=O) groups is 1. The first-order valence-electron chi connectivity index (χ1n) is 6.96. The van der Waals surface area contributed by atoms with Crippen molar-refractivity contribution < 1.29 is 9.53 Å². The highest BCUT2D eigenvalue weighted by Crippen LogP contribution is 2.29. The average Bonchev–Trinajstić information content (AvgIpc) is 2.41. The standard InChI is InChI=1S/C15H23BrN2O2/c1-5-17-10(3)13-9-12(16)7-8-14(13)20-11(4)15(19)18-6-2/h7-11,17H,5-6H2,1-4H3,(H,18,19). The van der Waals surface area contributed by atoms with Gasteiger partial charge in [0.15, 0.2) is 6.10 Å². The lowest BCUT2D eigenvalue weighted by atomic mass is 10.1. The van der Waals surface area contributed by atoms with E-state index in [1.54, 1.807) is 6.92 Å². The van der Waals surface area contributed by atoms with Crippen molar-refractivity contribution in [3.63, 3.8) is 0 Å². The van der Waals surface area contributed by atoms with Gasteiger partial charge >= 0.3 is 0 Å². The van der Waals surface area contributed by atoms with E-state index < -0.39 is 6.10 Å². The van der Waals surface area contributed by atoms with Crippen LogP contribution in [0.5, 0.6) is 5.75 Å². The summed E-state index contributed by atoms with van der Waals surface area (Å²) in [7, 11) is 0. The molecule has 1 amide bonds. The second kappa shape index (κ2) is 8.27. The number of nitrogens with one attached hydrogen (secondary N) is 2. The molecule has 5 heteroatoms. The monoisotopic (exact) mass is 342 g/mol. The van der Waals surface area contributed by atoms with Crippen LogP contribution in [0.3, 0.4) is 0 Å². The summed E-state index contributed by atoms with van der Waals surface area (Å²) in [6, 6.07) is 5.99. The van der Waals surface area contributed by atoms with Crippen molar-refractivity contribution >= 4 is 21.8 Å². The first kappa shape index (κ1) is 17.0. The van der Waals surface area contributed by atoms with Gasteiger partial charge in [-0.15, -0.1) is 0 Å². The Balaban J connectivity index is 2.91. The van der Waals surface area contributed by atoms with E-state index in [-0.39, 0.29) is 11.9 Å². The van der Waals surface area contributed by atoms with Crippen LogP contribution in [0, 0.1) is 0 Å². The quantitative estimate of drug-likeness (QED) is 0.800. The minimum atomic E-state index is -0.510. The largest absolute Gasteiger partial charge is 0.481 e. The van der Waals surface area contributed by atoms with Crippen molar-refractivity contribution in [3.8, 4) is 5.75 Å². The molecule has 1 aromatic carbocycles. The van der Waals surface area contributed by atoms with Crippen molar-refractivity contribution in [2.45, 2.75) is 39.8 Å². The molecule has 2 N–H and O–H groups in total. The van der Waals surface area contributed by atoms with Gasteiger partial charge < -0.3 is 15.4 Å². The molecule has 112 valence electrons. The molecule has 0 fully saturated rings. The molecule has 20 heavy (non-hydrogen) atoms. The highest BCUT2D eigenvalue weighted by atomic mass is 79.9. The molecule has 0 radical (unpaired) electrons. The molecule has 0 heterocycles. The Kier molecular flexibility index (Phi) is 7.02. The van der Waals surface area contributed by atoms with Crippen molar-refractivity contribution in [2.24, 2.45) is 0 Å². The zero-order valence-corrected chi connectivity index (χ0v) is 14.1. The van der Waals surface area contributed by atoms with Crippen LogP contribution < -0.4 is 15.4 Å². The van der Waals surface area contributed by atoms with Crippen molar-refractivity contribution in [1.82, 2.24) is 10.6 Å². The Labute approximate surface area is 129 Å². The Hall–Kier alpha value is -1.07. The molecule has 1 rings (SSSR count). The third kappa shape index (κ3) is 4.80. The molecule has 0 bridgehead atoms. The molecule has 2 unspecified atom stereocenters. The first-order valence-corrected chi connectivity index (χ1v) is 7.76. The smallest absolute Gasteiger partial charge is 0.260 e. The molecule has 0 saturated heterocycles. The zero-order chi connectivity index (χ0) is 15.1. The van der Waals surface area contributed by atoms with Crippen LogP contribution >= 0.6 is 15.9 Å². The fourth-order valence-corrected chi connectivity index (χ4v) is 2.32. The SMILES string of the molecule is CCNC(=O)C(C)Oc1ccc(Br)cc1C(C)NCC. The van der Waals surface area contributed by atoms with E-state index in [1.165, 1.54) is 0 Å². The lowest BCUT2D eigenvalue weighted by Crippen LogP contribution is -2.36. The number of likely N-dealkylation sites (N-methyl/N-ethyl adjacent to an activating group) is 1. The van der Waals surface area contributed by atoms with Gasteiger partial charge in [-0.3, -0.25) is 4.79 Å². The Morgan fingerprint density at radius 3 is 2.60 bits per heavy atom. The molecule has 2 atom stereocenters. The first-order chi connectivity index (χ1) is 9.49. The summed E-state index contributed by atoms with van der Waals surface area (Å²) in [5.74, 6) is 0.637. The van der Waals surface area contributed by atoms with E-state index >= 15 is 0 Å². The average molecular weight is 343 g/mol. The van der Waals surface area contributed by atoms with Crippen LogP contribution in [0.1, 0.15) is 39.3 Å². The second-order valence-electron chi connectivity index (χ2n) is 4.62. The lowest BCUT2D eigenvalue weighted by Gasteiger charge is -2.21. The van der Waals surface area contributed by atoms with E-state index in [0.717, 1.165) is 22.3 Å². The van der Waals surface area contributed by atoms with E-state index in [2.05, 4.69) is 40.4 Å². The molecular weight excluding hydrogens is 320 g/mol. The summed E-state index contributed by atoms with van der Waals surface area (Å²) in [5, 5.41) is 6.12. The molecular formula is C15H23BrN2O2. The molecule has 4 nitrogen and oxygen atoms in total. The minimum absolute atomic E-state index is 0.0996. The molecule has 0 aromatic heterocycles. The van der Waals surface area contributed by atoms with E-state index in [4.69, 9.17) is 4.74 Å². The number of halogens is 1. The molecule has 0 aliphatic rings. The molecule has 1 aromatic rings. The lowest BCUT2D eigenvalue weighted by molar-refractivity contribution is -0.127. The minimum Gasteiger partial charge on any atom is -0.481 e. The highest BCUT2D eigenvalue weighted by molar-refractivity contribution is 9.10. The summed E-state index contributed by atoms with van der Waals surface area (Å²) in [6.45, 7) is 9.27. The molecule has 0 saturated carbocycles. The van der Waals surface area contributed by atoms with Gasteiger partial charge in [0.25, 0.3) is 5.91 Å². The molecule has 0 spiro atoms. The molecule has 0 aliphatic carbocycles. The van der Waals surface area contributed by atoms with Gasteiger partial charge in [0.1, 0.15) is 5.75 Å². The normalized spacial score (nSPS) is 13.7. The maximum Gasteiger partial charge on any atom is 0.260 e. The Bertz CT molecular complexity index is 451. The van der Waals surface area contributed by atoms with Crippen LogP contribution in [-0.4, -0.2) is 25.1 Å². The van der Waals surface area contributed by atoms with E-state index in [9.17, 15) is 4.79 Å². The number of carbonyl (C=O) groups excluding carboxylic acids is 1.